The second-order valence-corrected chi connectivity index (χ2v) is 5.83. The monoisotopic (exact) mass is 348 g/mol. The average Bonchev–Trinajstić information content (AvgIpc) is 2.70. The van der Waals surface area contributed by atoms with Gasteiger partial charge < -0.3 is 15.0 Å². The number of nitrogens with zero attached hydrogens (tertiary/aromatic N) is 3. The summed E-state index contributed by atoms with van der Waals surface area (Å²) in [6.07, 6.45) is 0. The van der Waals surface area contributed by atoms with E-state index in [2.05, 4.69) is 36.2 Å². The molecule has 3 aromatic rings. The van der Waals surface area contributed by atoms with Gasteiger partial charge in [0.2, 0.25) is 5.95 Å². The molecule has 1 N–H and O–H groups in total. The van der Waals surface area contributed by atoms with Gasteiger partial charge in [-0.1, -0.05) is 30.3 Å². The Balaban J connectivity index is 1.98. The molecule has 0 amide bonds. The summed E-state index contributed by atoms with van der Waals surface area (Å²) in [5.74, 6) is 2.32. The maximum Gasteiger partial charge on any atom is 0.229 e. The van der Waals surface area contributed by atoms with Gasteiger partial charge in [0, 0.05) is 30.4 Å². The first kappa shape index (κ1) is 17.7. The van der Waals surface area contributed by atoms with Gasteiger partial charge in [-0.3, -0.25) is 0 Å². The number of aromatic nitrogens is 2. The van der Waals surface area contributed by atoms with E-state index in [1.54, 1.807) is 7.11 Å². The standard InChI is InChI=1S/C21H24N4O/c1-4-25(5-2)20-15-19(16-9-7-6-8-10-16)23-21(24-20)22-17-11-13-18(26-3)14-12-17/h6-15H,4-5H2,1-3H3,(H,22,23,24). The van der Waals surface area contributed by atoms with Gasteiger partial charge in [-0.2, -0.15) is 4.98 Å². The summed E-state index contributed by atoms with van der Waals surface area (Å²) in [5.41, 5.74) is 2.89. The van der Waals surface area contributed by atoms with Crippen molar-refractivity contribution < 1.29 is 4.74 Å². The fourth-order valence-electron chi connectivity index (χ4n) is 2.76. The first-order valence-corrected chi connectivity index (χ1v) is 8.84. The van der Waals surface area contributed by atoms with Crippen LogP contribution < -0.4 is 15.0 Å². The first-order chi connectivity index (χ1) is 12.7. The third kappa shape index (κ3) is 4.11. The van der Waals surface area contributed by atoms with Gasteiger partial charge in [-0.15, -0.1) is 0 Å². The van der Waals surface area contributed by atoms with Gasteiger partial charge in [0.1, 0.15) is 11.6 Å². The molecule has 134 valence electrons. The quantitative estimate of drug-likeness (QED) is 0.668. The lowest BCUT2D eigenvalue weighted by molar-refractivity contribution is 0.415. The van der Waals surface area contributed by atoms with Crippen molar-refractivity contribution in [1.82, 2.24) is 9.97 Å². The van der Waals surface area contributed by atoms with Gasteiger partial charge in [-0.25, -0.2) is 4.98 Å². The molecule has 0 spiro atoms. The number of methoxy groups -OCH3 is 1. The highest BCUT2D eigenvalue weighted by molar-refractivity contribution is 5.66. The van der Waals surface area contributed by atoms with E-state index >= 15 is 0 Å². The van der Waals surface area contributed by atoms with Crippen molar-refractivity contribution >= 4 is 17.5 Å². The maximum atomic E-state index is 5.21. The molecule has 3 rings (SSSR count). The molecule has 5 heteroatoms. The lowest BCUT2D eigenvalue weighted by atomic mass is 10.1. The van der Waals surface area contributed by atoms with Crippen LogP contribution in [0.3, 0.4) is 0 Å². The predicted molar refractivity (Wildman–Crippen MR) is 107 cm³/mol. The lowest BCUT2D eigenvalue weighted by Crippen LogP contribution is -2.23. The largest absolute Gasteiger partial charge is 0.497 e. The molecule has 0 radical (unpaired) electrons. The second kappa shape index (κ2) is 8.34. The van der Waals surface area contributed by atoms with Crippen LogP contribution in [0.25, 0.3) is 11.3 Å². The number of benzene rings is 2. The Morgan fingerprint density at radius 2 is 1.62 bits per heavy atom. The van der Waals surface area contributed by atoms with E-state index in [1.165, 1.54) is 0 Å². The summed E-state index contributed by atoms with van der Waals surface area (Å²) >= 11 is 0. The van der Waals surface area contributed by atoms with Crippen LogP contribution in [-0.2, 0) is 0 Å². The summed E-state index contributed by atoms with van der Waals surface area (Å²) in [5, 5.41) is 3.30. The highest BCUT2D eigenvalue weighted by atomic mass is 16.5. The summed E-state index contributed by atoms with van der Waals surface area (Å²) in [6, 6.07) is 19.9. The van der Waals surface area contributed by atoms with Crippen molar-refractivity contribution in [1.29, 1.82) is 0 Å². The van der Waals surface area contributed by atoms with Crippen LogP contribution in [0, 0.1) is 0 Å². The fourth-order valence-corrected chi connectivity index (χ4v) is 2.76. The molecule has 0 fully saturated rings. The van der Waals surface area contributed by atoms with E-state index in [1.807, 2.05) is 48.5 Å². The van der Waals surface area contributed by atoms with Crippen LogP contribution in [0.15, 0.2) is 60.7 Å². The molecular formula is C21H24N4O. The highest BCUT2D eigenvalue weighted by Gasteiger charge is 2.11. The summed E-state index contributed by atoms with van der Waals surface area (Å²) in [6.45, 7) is 6.04. The van der Waals surface area contributed by atoms with Gasteiger partial charge in [0.25, 0.3) is 0 Å². The van der Waals surface area contributed by atoms with Crippen LogP contribution in [-0.4, -0.2) is 30.2 Å². The molecule has 26 heavy (non-hydrogen) atoms. The minimum Gasteiger partial charge on any atom is -0.497 e. The molecule has 0 unspecified atom stereocenters. The van der Waals surface area contributed by atoms with Crippen LogP contribution in [0.1, 0.15) is 13.8 Å². The Kier molecular flexibility index (Phi) is 5.69. The molecule has 0 aliphatic carbocycles. The summed E-state index contributed by atoms with van der Waals surface area (Å²) < 4.78 is 5.21. The van der Waals surface area contributed by atoms with Crippen molar-refractivity contribution in [2.24, 2.45) is 0 Å². The number of rotatable bonds is 7. The molecule has 1 heterocycles. The molecular weight excluding hydrogens is 324 g/mol. The molecule has 1 aromatic heterocycles. The van der Waals surface area contributed by atoms with Crippen LogP contribution in [0.5, 0.6) is 5.75 Å². The Morgan fingerprint density at radius 1 is 0.923 bits per heavy atom. The van der Waals surface area contributed by atoms with Gasteiger partial charge in [0.05, 0.1) is 12.8 Å². The molecule has 5 nitrogen and oxygen atoms in total. The normalized spacial score (nSPS) is 10.4. The third-order valence-electron chi connectivity index (χ3n) is 4.22. The third-order valence-corrected chi connectivity index (χ3v) is 4.22. The van der Waals surface area contributed by atoms with Crippen LogP contribution >= 0.6 is 0 Å². The van der Waals surface area contributed by atoms with E-state index in [-0.39, 0.29) is 0 Å². The van der Waals surface area contributed by atoms with Gasteiger partial charge >= 0.3 is 0 Å². The predicted octanol–water partition coefficient (Wildman–Crippen LogP) is 4.74. The number of hydrogen-bond acceptors (Lipinski definition) is 5. The highest BCUT2D eigenvalue weighted by Crippen LogP contribution is 2.25. The zero-order chi connectivity index (χ0) is 18.4. The van der Waals surface area contributed by atoms with E-state index in [0.29, 0.717) is 5.95 Å². The Morgan fingerprint density at radius 3 is 2.23 bits per heavy atom. The van der Waals surface area contributed by atoms with E-state index in [4.69, 9.17) is 14.7 Å². The molecule has 0 saturated heterocycles. The topological polar surface area (TPSA) is 50.3 Å². The van der Waals surface area contributed by atoms with Crippen molar-refractivity contribution in [3.05, 3.63) is 60.7 Å². The zero-order valence-electron chi connectivity index (χ0n) is 15.4. The molecule has 0 atom stereocenters. The van der Waals surface area contributed by atoms with Crippen molar-refractivity contribution in [2.75, 3.05) is 30.4 Å². The number of anilines is 3. The molecule has 0 saturated carbocycles. The second-order valence-electron chi connectivity index (χ2n) is 5.83. The Bertz CT molecular complexity index is 830. The van der Waals surface area contributed by atoms with Gasteiger partial charge in [0.15, 0.2) is 0 Å². The first-order valence-electron chi connectivity index (χ1n) is 8.84. The summed E-state index contributed by atoms with van der Waals surface area (Å²) in [4.78, 5) is 11.6. The van der Waals surface area contributed by atoms with E-state index in [9.17, 15) is 0 Å². The molecule has 0 aliphatic rings. The molecule has 2 aromatic carbocycles. The lowest BCUT2D eigenvalue weighted by Gasteiger charge is -2.21. The van der Waals surface area contributed by atoms with Crippen LogP contribution in [0.2, 0.25) is 0 Å². The Labute approximate surface area is 154 Å². The van der Waals surface area contributed by atoms with Crippen molar-refractivity contribution in [3.8, 4) is 17.0 Å². The van der Waals surface area contributed by atoms with E-state index < -0.39 is 0 Å². The Hall–Kier alpha value is -3.08. The minimum absolute atomic E-state index is 0.582. The minimum atomic E-state index is 0.582. The fraction of sp³-hybridized carbons (Fsp3) is 0.238. The number of ether oxygens (including phenoxy) is 1. The van der Waals surface area contributed by atoms with Gasteiger partial charge in [-0.05, 0) is 38.1 Å². The van der Waals surface area contributed by atoms with Crippen molar-refractivity contribution in [2.45, 2.75) is 13.8 Å². The van der Waals surface area contributed by atoms with Crippen molar-refractivity contribution in [3.63, 3.8) is 0 Å². The molecule has 0 bridgehead atoms. The number of nitrogens with one attached hydrogen (secondary N) is 1. The van der Waals surface area contributed by atoms with Crippen LogP contribution in [0.4, 0.5) is 17.5 Å². The smallest absolute Gasteiger partial charge is 0.229 e. The van der Waals surface area contributed by atoms with E-state index in [0.717, 1.165) is 41.6 Å². The number of hydrogen-bond donors (Lipinski definition) is 1. The molecule has 0 aliphatic heterocycles. The SMILES string of the molecule is CCN(CC)c1cc(-c2ccccc2)nc(Nc2ccc(OC)cc2)n1. The maximum absolute atomic E-state index is 5.21. The zero-order valence-corrected chi connectivity index (χ0v) is 15.4. The summed E-state index contributed by atoms with van der Waals surface area (Å²) in [7, 11) is 1.66. The average molecular weight is 348 g/mol.